The topological polar surface area (TPSA) is 231 Å². The number of aliphatic hydroxyl groups is 1. The van der Waals surface area contributed by atoms with Crippen molar-refractivity contribution >= 4 is 35.8 Å². The van der Waals surface area contributed by atoms with Crippen LogP contribution in [0.2, 0.25) is 0 Å². The summed E-state index contributed by atoms with van der Waals surface area (Å²) in [5.41, 5.74) is -14.5. The lowest BCUT2D eigenvalue weighted by Crippen LogP contribution is -2.96. The van der Waals surface area contributed by atoms with Crippen LogP contribution < -0.4 is 0 Å². The normalized spacial score (nSPS) is 48.3. The molecule has 3 saturated heterocycles. The molecule has 4 saturated carbocycles. The van der Waals surface area contributed by atoms with Crippen molar-refractivity contribution in [1.29, 1.82) is 0 Å². The molecule has 7 fully saturated rings. The fourth-order valence-electron chi connectivity index (χ4n) is 13.6. The van der Waals surface area contributed by atoms with Gasteiger partial charge in [0.25, 0.3) is 5.97 Å². The fourth-order valence-corrected chi connectivity index (χ4v) is 13.6. The number of aliphatic hydroxyl groups excluding tert-OH is 1. The van der Waals surface area contributed by atoms with Crippen molar-refractivity contribution in [2.75, 3.05) is 14.2 Å². The van der Waals surface area contributed by atoms with Crippen LogP contribution >= 0.6 is 0 Å². The van der Waals surface area contributed by atoms with Gasteiger partial charge in [0.1, 0.15) is 17.3 Å². The first kappa shape index (κ1) is 41.6. The third kappa shape index (κ3) is 4.69. The predicted octanol–water partition coefficient (Wildman–Crippen LogP) is 2.75. The second-order valence-electron chi connectivity index (χ2n) is 18.4. The summed E-state index contributed by atoms with van der Waals surface area (Å²) in [5, 5.41) is 13.3. The van der Waals surface area contributed by atoms with E-state index < -0.39 is 135 Å². The highest BCUT2D eigenvalue weighted by Gasteiger charge is 3.06. The molecule has 0 radical (unpaired) electrons. The molecule has 2 spiro atoms. The molecule has 8 rings (SSSR count). The van der Waals surface area contributed by atoms with Gasteiger partial charge in [-0.15, -0.1) is 0 Å². The molecule has 3 aliphatic heterocycles. The highest BCUT2D eigenvalue weighted by molar-refractivity contribution is 5.83. The van der Waals surface area contributed by atoms with E-state index in [9.17, 15) is 33.9 Å². The Bertz CT molecular complexity index is 2020. The minimum absolute atomic E-state index is 0.106. The van der Waals surface area contributed by atoms with Gasteiger partial charge >= 0.3 is 35.8 Å². The second-order valence-corrected chi connectivity index (χ2v) is 18.4. The summed E-state index contributed by atoms with van der Waals surface area (Å²) in [6.07, 6.45) is -5.54. The third-order valence-corrected chi connectivity index (χ3v) is 15.5. The maximum Gasteiger partial charge on any atom is 0.341 e. The average molecular weight is 833 g/mol. The summed E-state index contributed by atoms with van der Waals surface area (Å²) in [5.74, 6) is -9.34. The molecule has 1 aromatic rings. The number of esters is 6. The van der Waals surface area contributed by atoms with Crippen molar-refractivity contribution in [1.82, 2.24) is 0 Å². The van der Waals surface area contributed by atoms with Crippen molar-refractivity contribution in [3.8, 4) is 0 Å². The molecular weight excluding hydrogens is 780 g/mol. The van der Waals surface area contributed by atoms with Crippen LogP contribution in [0, 0.1) is 28.1 Å². The van der Waals surface area contributed by atoms with E-state index in [1.165, 1.54) is 40.6 Å². The molecule has 0 unspecified atom stereocenters. The van der Waals surface area contributed by atoms with Crippen molar-refractivity contribution in [2.45, 2.75) is 152 Å². The van der Waals surface area contributed by atoms with Gasteiger partial charge < -0.3 is 56.9 Å². The largest absolute Gasteiger partial charge is 0.472 e. The Labute approximate surface area is 340 Å². The Morgan fingerprint density at radius 3 is 2.00 bits per heavy atom. The molecule has 18 heteroatoms. The number of epoxide rings is 1. The van der Waals surface area contributed by atoms with Crippen LogP contribution in [-0.4, -0.2) is 114 Å². The molecule has 7 aliphatic rings. The molecular formula is C41H52O18. The summed E-state index contributed by atoms with van der Waals surface area (Å²) >= 11 is 0. The molecule has 1 aromatic heterocycles. The summed E-state index contributed by atoms with van der Waals surface area (Å²) in [6.45, 7) is 13.3. The van der Waals surface area contributed by atoms with E-state index in [0.29, 0.717) is 5.56 Å². The number of carbonyl (C=O) groups excluding carboxylic acids is 6. The molecule has 324 valence electrons. The van der Waals surface area contributed by atoms with Crippen molar-refractivity contribution < 1.29 is 85.7 Å². The molecule has 18 nitrogen and oxygen atoms in total. The molecule has 4 aliphatic carbocycles. The number of hydrogen-bond donors (Lipinski definition) is 1. The lowest BCUT2D eigenvalue weighted by molar-refractivity contribution is -0.486. The van der Waals surface area contributed by atoms with Gasteiger partial charge in [-0.1, -0.05) is 20.8 Å². The maximum atomic E-state index is 14.4. The minimum Gasteiger partial charge on any atom is -0.472 e. The highest BCUT2D eigenvalue weighted by Crippen LogP contribution is 2.90. The zero-order valence-electron chi connectivity index (χ0n) is 35.0. The first-order chi connectivity index (χ1) is 27.4. The van der Waals surface area contributed by atoms with E-state index in [-0.39, 0.29) is 19.3 Å². The van der Waals surface area contributed by atoms with E-state index in [1.54, 1.807) is 40.7 Å². The molecule has 1 N–H and O–H groups in total. The van der Waals surface area contributed by atoms with E-state index in [2.05, 4.69) is 0 Å². The minimum atomic E-state index is -2.35. The van der Waals surface area contributed by atoms with Crippen LogP contribution in [-0.2, 0) is 76.1 Å². The van der Waals surface area contributed by atoms with Gasteiger partial charge in [0.15, 0.2) is 23.4 Å². The van der Waals surface area contributed by atoms with Crippen LogP contribution in [0.25, 0.3) is 0 Å². The van der Waals surface area contributed by atoms with E-state index >= 15 is 0 Å². The Balaban J connectivity index is 1.52. The van der Waals surface area contributed by atoms with Crippen molar-refractivity contribution in [3.05, 3.63) is 24.2 Å². The first-order valence-corrected chi connectivity index (χ1v) is 19.8. The summed E-state index contributed by atoms with van der Waals surface area (Å²) in [6, 6.07) is 1.56. The molecule has 16 atom stereocenters. The third-order valence-electron chi connectivity index (χ3n) is 15.5. The number of hydrogen-bond acceptors (Lipinski definition) is 18. The van der Waals surface area contributed by atoms with Gasteiger partial charge in [-0.05, 0) is 38.7 Å². The lowest BCUT2D eigenvalue weighted by Gasteiger charge is -2.77. The smallest absolute Gasteiger partial charge is 0.341 e. The standard InChI is InChI=1S/C41H52O18/c1-19-35(7,55-19)32(48)54-30-34(6)18-38-36(8,24(34)14-27(46)49-10)41-26(45)16-33(5,29(52-20(2)42)23-12-13-51-17-23)25(15-28(47)50-11)39(41,58-37(9,57-38)59-41)31(53-21(3)43)40(30,38)56-22(4)44/h12-13,17,19,24-26,29-31,45H,14-16,18H2,1-11H3/t19-,24+,25+,26-,29-,30+,31+,33-,34-,35-,36-,37-,38-,39-,40+,41+/m0/s1. The van der Waals surface area contributed by atoms with Gasteiger partial charge in [0.05, 0.1) is 45.4 Å². The predicted molar refractivity (Wildman–Crippen MR) is 192 cm³/mol. The van der Waals surface area contributed by atoms with Gasteiger partial charge in [-0.2, -0.15) is 0 Å². The van der Waals surface area contributed by atoms with Crippen LogP contribution in [0.3, 0.4) is 0 Å². The highest BCUT2D eigenvalue weighted by atomic mass is 16.9. The molecule has 0 aromatic carbocycles. The molecule has 0 amide bonds. The van der Waals surface area contributed by atoms with Crippen molar-refractivity contribution in [2.24, 2.45) is 28.1 Å². The molecule has 4 heterocycles. The Hall–Kier alpha value is -4.10. The zero-order valence-corrected chi connectivity index (χ0v) is 35.0. The van der Waals surface area contributed by atoms with E-state index in [4.69, 9.17) is 51.8 Å². The van der Waals surface area contributed by atoms with Crippen LogP contribution in [0.15, 0.2) is 23.0 Å². The number of methoxy groups -OCH3 is 2. The van der Waals surface area contributed by atoms with Crippen molar-refractivity contribution in [3.63, 3.8) is 0 Å². The average Bonchev–Trinajstić information content (AvgIpc) is 3.47. The quantitative estimate of drug-likeness (QED) is 0.192. The van der Waals surface area contributed by atoms with Crippen LogP contribution in [0.1, 0.15) is 99.7 Å². The monoisotopic (exact) mass is 832 g/mol. The second kappa shape index (κ2) is 12.5. The van der Waals surface area contributed by atoms with Crippen LogP contribution in [0.5, 0.6) is 0 Å². The maximum absolute atomic E-state index is 14.4. The molecule has 59 heavy (non-hydrogen) atoms. The number of ether oxygens (including phenoxy) is 10. The summed E-state index contributed by atoms with van der Waals surface area (Å²) in [4.78, 5) is 82.7. The first-order valence-electron chi connectivity index (χ1n) is 19.8. The number of rotatable bonds is 11. The molecule has 4 bridgehead atoms. The van der Waals surface area contributed by atoms with Gasteiger partial charge in [-0.3, -0.25) is 24.0 Å². The summed E-state index contributed by atoms with van der Waals surface area (Å²) < 4.78 is 68.8. The van der Waals surface area contributed by atoms with Gasteiger partial charge in [-0.25, -0.2) is 4.79 Å². The van der Waals surface area contributed by atoms with Gasteiger partial charge in [0.2, 0.25) is 5.60 Å². The SMILES string of the molecule is COC(=O)C[C@@H]1[C@@](C)([C@@H](OC(C)=O)c2ccoc2)C[C@H](O)[C@]23O[C@]4(C)O[C@]12[C@@H](OC(C)=O)[C@]1(OC(C)=O)[C@H](OC(=O)[C@@]2(C)O[C@H]2C)[C@@]2(C)C[C@]1(O4)[C@]3(C)[C@@H]2CC(=O)OC. The fraction of sp³-hybridized carbons (Fsp3) is 0.756. The van der Waals surface area contributed by atoms with E-state index in [1.807, 2.05) is 0 Å². The van der Waals surface area contributed by atoms with Crippen LogP contribution in [0.4, 0.5) is 0 Å². The Morgan fingerprint density at radius 2 is 1.47 bits per heavy atom. The number of carbonyl (C=O) groups is 6. The summed E-state index contributed by atoms with van der Waals surface area (Å²) in [7, 11) is 2.39. The van der Waals surface area contributed by atoms with E-state index in [0.717, 1.165) is 13.8 Å². The number of furan rings is 1. The Morgan fingerprint density at radius 1 is 0.847 bits per heavy atom. The lowest BCUT2D eigenvalue weighted by atomic mass is 9.33. The zero-order chi connectivity index (χ0) is 43.3. The number of fused-ring (bicyclic) bond motifs is 2. The Kier molecular flexibility index (Phi) is 8.81. The van der Waals surface area contributed by atoms with Gasteiger partial charge in [0, 0.05) is 61.8 Å².